The summed E-state index contributed by atoms with van der Waals surface area (Å²) < 4.78 is 66.0. The van der Waals surface area contributed by atoms with E-state index in [0.29, 0.717) is 0 Å². The maximum Gasteiger partial charge on any atom is 0.185 e. The van der Waals surface area contributed by atoms with Crippen LogP contribution in [0.3, 0.4) is 0 Å². The molecule has 21 heavy (non-hydrogen) atoms. The van der Waals surface area contributed by atoms with Gasteiger partial charge in [0, 0.05) is 12.6 Å². The molecule has 2 aromatic rings. The Hall–Kier alpha value is -2.62. The van der Waals surface area contributed by atoms with Gasteiger partial charge in [0.1, 0.15) is 11.5 Å². The van der Waals surface area contributed by atoms with E-state index >= 15 is 0 Å². The van der Waals surface area contributed by atoms with Crippen molar-refractivity contribution in [2.45, 2.75) is 6.54 Å². The molecule has 0 amide bonds. The van der Waals surface area contributed by atoms with Crippen LogP contribution in [0.5, 0.6) is 0 Å². The van der Waals surface area contributed by atoms with Gasteiger partial charge in [0.2, 0.25) is 0 Å². The SMILES string of the molecule is N#Cc1cc(F)cc(CNc2c(F)c(F)cc(F)c2F)c1. The lowest BCUT2D eigenvalue weighted by Gasteiger charge is -2.10. The number of hydrogen-bond acceptors (Lipinski definition) is 2. The molecule has 0 aliphatic carbocycles. The molecule has 1 N–H and O–H groups in total. The Labute approximate surface area is 116 Å². The summed E-state index contributed by atoms with van der Waals surface area (Å²) in [4.78, 5) is 0. The number of benzene rings is 2. The van der Waals surface area contributed by atoms with Gasteiger partial charge < -0.3 is 5.32 Å². The highest BCUT2D eigenvalue weighted by Crippen LogP contribution is 2.24. The molecule has 0 aromatic heterocycles. The van der Waals surface area contributed by atoms with Crippen LogP contribution in [0.1, 0.15) is 11.1 Å². The van der Waals surface area contributed by atoms with E-state index in [4.69, 9.17) is 5.26 Å². The molecular weight excluding hydrogens is 291 g/mol. The fourth-order valence-electron chi connectivity index (χ4n) is 1.74. The van der Waals surface area contributed by atoms with Crippen molar-refractivity contribution in [3.8, 4) is 6.07 Å². The number of nitrogens with zero attached hydrogens (tertiary/aromatic N) is 1. The Morgan fingerprint density at radius 3 is 2.10 bits per heavy atom. The predicted molar refractivity (Wildman–Crippen MR) is 64.7 cm³/mol. The van der Waals surface area contributed by atoms with Gasteiger partial charge in [-0.15, -0.1) is 0 Å². The van der Waals surface area contributed by atoms with E-state index < -0.39 is 34.8 Å². The molecule has 0 aliphatic heterocycles. The largest absolute Gasteiger partial charge is 0.376 e. The van der Waals surface area contributed by atoms with Crippen molar-refractivity contribution in [3.63, 3.8) is 0 Å². The van der Waals surface area contributed by atoms with Crippen LogP contribution in [-0.4, -0.2) is 0 Å². The van der Waals surface area contributed by atoms with Gasteiger partial charge in [-0.25, -0.2) is 22.0 Å². The van der Waals surface area contributed by atoms with Crippen molar-refractivity contribution in [1.82, 2.24) is 0 Å². The molecule has 0 aliphatic rings. The Bertz CT molecular complexity index is 711. The number of nitrogens with one attached hydrogen (secondary N) is 1. The van der Waals surface area contributed by atoms with Gasteiger partial charge in [0.25, 0.3) is 0 Å². The van der Waals surface area contributed by atoms with Crippen LogP contribution in [0.2, 0.25) is 0 Å². The molecule has 2 rings (SSSR count). The van der Waals surface area contributed by atoms with Crippen molar-refractivity contribution < 1.29 is 22.0 Å². The van der Waals surface area contributed by atoms with E-state index in [2.05, 4.69) is 5.32 Å². The highest BCUT2D eigenvalue weighted by atomic mass is 19.2. The third-order valence-electron chi connectivity index (χ3n) is 2.67. The average molecular weight is 298 g/mol. The van der Waals surface area contributed by atoms with Crippen molar-refractivity contribution in [3.05, 3.63) is 64.5 Å². The molecule has 0 unspecified atom stereocenters. The number of halogens is 5. The first-order valence-electron chi connectivity index (χ1n) is 5.69. The van der Waals surface area contributed by atoms with Crippen LogP contribution in [0.4, 0.5) is 27.6 Å². The molecule has 108 valence electrons. The molecule has 0 atom stereocenters. The van der Waals surface area contributed by atoms with E-state index in [-0.39, 0.29) is 23.7 Å². The summed E-state index contributed by atoms with van der Waals surface area (Å²) in [6, 6.07) is 5.09. The van der Waals surface area contributed by atoms with Gasteiger partial charge >= 0.3 is 0 Å². The lowest BCUT2D eigenvalue weighted by molar-refractivity contribution is 0.458. The number of anilines is 1. The van der Waals surface area contributed by atoms with E-state index in [0.717, 1.165) is 12.1 Å². The van der Waals surface area contributed by atoms with Crippen LogP contribution in [-0.2, 0) is 6.54 Å². The second kappa shape index (κ2) is 5.79. The van der Waals surface area contributed by atoms with Gasteiger partial charge in [-0.3, -0.25) is 0 Å². The summed E-state index contributed by atoms with van der Waals surface area (Å²) in [6.45, 7) is -0.316. The summed E-state index contributed by atoms with van der Waals surface area (Å²) in [7, 11) is 0. The molecule has 2 aromatic carbocycles. The van der Waals surface area contributed by atoms with Gasteiger partial charge in [0.15, 0.2) is 23.3 Å². The topological polar surface area (TPSA) is 35.8 Å². The smallest absolute Gasteiger partial charge is 0.185 e. The quantitative estimate of drug-likeness (QED) is 0.690. The van der Waals surface area contributed by atoms with Crippen LogP contribution < -0.4 is 5.32 Å². The minimum atomic E-state index is -1.58. The summed E-state index contributed by atoms with van der Waals surface area (Å²) >= 11 is 0. The molecular formula is C14H7F5N2. The van der Waals surface area contributed by atoms with Gasteiger partial charge in [-0.05, 0) is 23.8 Å². The second-order valence-electron chi connectivity index (χ2n) is 4.16. The maximum absolute atomic E-state index is 13.4. The minimum Gasteiger partial charge on any atom is -0.376 e. The fraction of sp³-hybridized carbons (Fsp3) is 0.0714. The number of rotatable bonds is 3. The maximum atomic E-state index is 13.4. The first kappa shape index (κ1) is 14.8. The highest BCUT2D eigenvalue weighted by molar-refractivity contribution is 5.48. The standard InChI is InChI=1S/C14H7F5N2/c15-9-2-7(5-20)1-8(3-9)6-21-14-12(18)10(16)4-11(17)13(14)19/h1-4,21H,6H2. The van der Waals surface area contributed by atoms with E-state index in [1.807, 2.05) is 0 Å². The van der Waals surface area contributed by atoms with Crippen molar-refractivity contribution in [2.24, 2.45) is 0 Å². The van der Waals surface area contributed by atoms with Gasteiger partial charge in [0.05, 0.1) is 11.6 Å². The zero-order valence-electron chi connectivity index (χ0n) is 10.4. The molecule has 0 radical (unpaired) electrons. The Kier molecular flexibility index (Phi) is 4.08. The molecule has 0 saturated heterocycles. The number of nitriles is 1. The average Bonchev–Trinajstić information content (AvgIpc) is 2.44. The van der Waals surface area contributed by atoms with Crippen LogP contribution in [0, 0.1) is 40.4 Å². The number of hydrogen-bond donors (Lipinski definition) is 1. The van der Waals surface area contributed by atoms with E-state index in [1.165, 1.54) is 6.07 Å². The third-order valence-corrected chi connectivity index (χ3v) is 2.67. The lowest BCUT2D eigenvalue weighted by atomic mass is 10.1. The Morgan fingerprint density at radius 2 is 1.52 bits per heavy atom. The van der Waals surface area contributed by atoms with Gasteiger partial charge in [-0.1, -0.05) is 0 Å². The molecule has 0 heterocycles. The molecule has 0 bridgehead atoms. The molecule has 0 saturated carbocycles. The second-order valence-corrected chi connectivity index (χ2v) is 4.16. The first-order chi connectivity index (χ1) is 9.92. The summed E-state index contributed by atoms with van der Waals surface area (Å²) in [5.41, 5.74) is -0.788. The third kappa shape index (κ3) is 3.11. The van der Waals surface area contributed by atoms with Crippen LogP contribution >= 0.6 is 0 Å². The molecule has 0 spiro atoms. The highest BCUT2D eigenvalue weighted by Gasteiger charge is 2.18. The normalized spacial score (nSPS) is 10.3. The molecule has 2 nitrogen and oxygen atoms in total. The van der Waals surface area contributed by atoms with Crippen molar-refractivity contribution in [1.29, 1.82) is 5.26 Å². The van der Waals surface area contributed by atoms with Crippen molar-refractivity contribution >= 4 is 5.69 Å². The van der Waals surface area contributed by atoms with E-state index in [1.54, 1.807) is 6.07 Å². The van der Waals surface area contributed by atoms with Crippen LogP contribution in [0.25, 0.3) is 0 Å². The van der Waals surface area contributed by atoms with E-state index in [9.17, 15) is 22.0 Å². The minimum absolute atomic E-state index is 0.0122. The monoisotopic (exact) mass is 298 g/mol. The summed E-state index contributed by atoms with van der Waals surface area (Å²) in [5.74, 6) is -6.96. The zero-order valence-corrected chi connectivity index (χ0v) is 10.4. The Balaban J connectivity index is 2.29. The Morgan fingerprint density at radius 1 is 0.905 bits per heavy atom. The van der Waals surface area contributed by atoms with Gasteiger partial charge in [-0.2, -0.15) is 5.26 Å². The molecule has 0 fully saturated rings. The first-order valence-corrected chi connectivity index (χ1v) is 5.69. The lowest BCUT2D eigenvalue weighted by Crippen LogP contribution is -2.07. The summed E-state index contributed by atoms with van der Waals surface area (Å²) in [6.07, 6.45) is 0. The fourth-order valence-corrected chi connectivity index (χ4v) is 1.74. The van der Waals surface area contributed by atoms with Crippen LogP contribution in [0.15, 0.2) is 24.3 Å². The molecule has 7 heteroatoms. The summed E-state index contributed by atoms with van der Waals surface area (Å²) in [5, 5.41) is 10.8. The van der Waals surface area contributed by atoms with Crippen molar-refractivity contribution in [2.75, 3.05) is 5.32 Å². The predicted octanol–water partition coefficient (Wildman–Crippen LogP) is 3.87. The zero-order chi connectivity index (χ0) is 15.6.